The minimum atomic E-state index is 0.612. The molecule has 0 bridgehead atoms. The van der Waals surface area contributed by atoms with E-state index in [0.717, 1.165) is 0 Å². The van der Waals surface area contributed by atoms with Gasteiger partial charge in [-0.3, -0.25) is 0 Å². The lowest BCUT2D eigenvalue weighted by Gasteiger charge is -2.12. The van der Waals surface area contributed by atoms with Gasteiger partial charge in [0.25, 0.3) is 0 Å². The summed E-state index contributed by atoms with van der Waals surface area (Å²) in [7, 11) is 2.27. The smallest absolute Gasteiger partial charge is 0.117 e. The fourth-order valence-corrected chi connectivity index (χ4v) is 2.01. The van der Waals surface area contributed by atoms with Crippen LogP contribution in [-0.4, -0.2) is 19.3 Å². The van der Waals surface area contributed by atoms with Gasteiger partial charge in [0, 0.05) is 0 Å². The maximum atomic E-state index is 2.27. The average molecular weight is 177 g/mol. The molecule has 2 heteroatoms. The van der Waals surface area contributed by atoms with E-state index < -0.39 is 0 Å². The highest BCUT2D eigenvalue weighted by molar-refractivity contribution is 7.98. The van der Waals surface area contributed by atoms with E-state index in [1.54, 1.807) is 0 Å². The number of thioether (sulfide) groups is 1. The van der Waals surface area contributed by atoms with Crippen molar-refractivity contribution in [2.45, 2.75) is 12.6 Å². The van der Waals surface area contributed by atoms with Gasteiger partial charge in [0.1, 0.15) is 7.28 Å². The molecule has 0 nitrogen and oxygen atoms in total. The molecule has 0 spiro atoms. The Morgan fingerprint density at radius 2 is 2.00 bits per heavy atom. The lowest BCUT2D eigenvalue weighted by molar-refractivity contribution is 1.08. The number of rotatable bonds is 4. The van der Waals surface area contributed by atoms with E-state index in [1.165, 1.54) is 11.3 Å². The molecular formula is C10H14BS. The fraction of sp³-hybridized carbons (Fsp3) is 0.400. The van der Waals surface area contributed by atoms with E-state index in [-0.39, 0.29) is 0 Å². The molecule has 0 saturated heterocycles. The van der Waals surface area contributed by atoms with Gasteiger partial charge in [0.15, 0.2) is 0 Å². The first-order valence-corrected chi connectivity index (χ1v) is 5.61. The Kier molecular flexibility index (Phi) is 4.30. The van der Waals surface area contributed by atoms with E-state index in [2.05, 4.69) is 50.7 Å². The van der Waals surface area contributed by atoms with Crippen molar-refractivity contribution in [3.63, 3.8) is 0 Å². The minimum absolute atomic E-state index is 0.612. The van der Waals surface area contributed by atoms with Gasteiger partial charge in [0.2, 0.25) is 0 Å². The van der Waals surface area contributed by atoms with Gasteiger partial charge in [-0.05, 0) is 17.8 Å². The quantitative estimate of drug-likeness (QED) is 0.637. The summed E-state index contributed by atoms with van der Waals surface area (Å²) in [6, 6.07) is 10.7. The van der Waals surface area contributed by atoms with Gasteiger partial charge in [-0.2, -0.15) is 11.8 Å². The zero-order chi connectivity index (χ0) is 8.81. The zero-order valence-corrected chi connectivity index (χ0v) is 8.47. The third-order valence-corrected chi connectivity index (χ3v) is 2.67. The molecule has 63 valence electrons. The van der Waals surface area contributed by atoms with Crippen LogP contribution in [0, 0.1) is 0 Å². The van der Waals surface area contributed by atoms with Crippen molar-refractivity contribution < 1.29 is 0 Å². The van der Waals surface area contributed by atoms with Gasteiger partial charge < -0.3 is 0 Å². The molecule has 0 fully saturated rings. The van der Waals surface area contributed by atoms with Crippen LogP contribution in [0.5, 0.6) is 0 Å². The second-order valence-electron chi connectivity index (χ2n) is 2.81. The van der Waals surface area contributed by atoms with Crippen molar-refractivity contribution in [1.29, 1.82) is 0 Å². The first kappa shape index (κ1) is 9.72. The highest BCUT2D eigenvalue weighted by atomic mass is 32.2. The second-order valence-corrected chi connectivity index (χ2v) is 3.72. The zero-order valence-electron chi connectivity index (χ0n) is 7.66. The summed E-state index contributed by atoms with van der Waals surface area (Å²) < 4.78 is 0. The standard InChI is InChI=1S/C10H14BS/c1-11-10(8-12-2)9-6-4-3-5-7-9/h3-7,10H,8H2,1-2H3. The number of benzene rings is 1. The molecular weight excluding hydrogens is 163 g/mol. The highest BCUT2D eigenvalue weighted by Crippen LogP contribution is 2.17. The lowest BCUT2D eigenvalue weighted by Crippen LogP contribution is -2.07. The van der Waals surface area contributed by atoms with Gasteiger partial charge >= 0.3 is 0 Å². The summed E-state index contributed by atoms with van der Waals surface area (Å²) in [6.45, 7) is 2.13. The lowest BCUT2D eigenvalue weighted by atomic mass is 9.65. The predicted octanol–water partition coefficient (Wildman–Crippen LogP) is 2.84. The molecule has 0 aliphatic carbocycles. The van der Waals surface area contributed by atoms with Crippen LogP contribution in [0.25, 0.3) is 0 Å². The van der Waals surface area contributed by atoms with Crippen molar-refractivity contribution in [3.8, 4) is 0 Å². The van der Waals surface area contributed by atoms with Crippen LogP contribution in [-0.2, 0) is 0 Å². The minimum Gasteiger partial charge on any atom is -0.166 e. The summed E-state index contributed by atoms with van der Waals surface area (Å²) in [5.74, 6) is 1.79. The monoisotopic (exact) mass is 177 g/mol. The number of hydrogen-bond acceptors (Lipinski definition) is 1. The molecule has 12 heavy (non-hydrogen) atoms. The van der Waals surface area contributed by atoms with Crippen LogP contribution in [0.2, 0.25) is 6.82 Å². The largest absolute Gasteiger partial charge is 0.166 e. The van der Waals surface area contributed by atoms with Crippen LogP contribution in [0.15, 0.2) is 30.3 Å². The van der Waals surface area contributed by atoms with Crippen LogP contribution < -0.4 is 0 Å². The normalized spacial score (nSPS) is 12.5. The first-order chi connectivity index (χ1) is 5.88. The highest BCUT2D eigenvalue weighted by Gasteiger charge is 2.07. The van der Waals surface area contributed by atoms with Crippen molar-refractivity contribution in [2.75, 3.05) is 12.0 Å². The summed E-state index contributed by atoms with van der Waals surface area (Å²) in [6.07, 6.45) is 2.15. The molecule has 0 aliphatic rings. The second kappa shape index (κ2) is 5.31. The third kappa shape index (κ3) is 2.60. The molecule has 0 amide bonds. The van der Waals surface area contributed by atoms with E-state index in [4.69, 9.17) is 0 Å². The summed E-state index contributed by atoms with van der Waals surface area (Å²) in [4.78, 5) is 0. The van der Waals surface area contributed by atoms with Crippen molar-refractivity contribution in [3.05, 3.63) is 35.9 Å². The van der Waals surface area contributed by atoms with Crippen LogP contribution >= 0.6 is 11.8 Å². The van der Waals surface area contributed by atoms with E-state index in [9.17, 15) is 0 Å². The Labute approximate surface area is 80.0 Å². The summed E-state index contributed by atoms with van der Waals surface area (Å²) >= 11 is 1.90. The molecule has 1 aromatic carbocycles. The van der Waals surface area contributed by atoms with Gasteiger partial charge in [0.05, 0.1) is 0 Å². The molecule has 0 saturated carbocycles. The molecule has 1 atom stereocenters. The number of hydrogen-bond donors (Lipinski definition) is 0. The fourth-order valence-electron chi connectivity index (χ4n) is 1.26. The van der Waals surface area contributed by atoms with E-state index in [1.807, 2.05) is 11.8 Å². The van der Waals surface area contributed by atoms with Gasteiger partial charge in [-0.25, -0.2) is 0 Å². The van der Waals surface area contributed by atoms with Gasteiger partial charge in [-0.1, -0.05) is 42.7 Å². The maximum Gasteiger partial charge on any atom is 0.117 e. The Balaban J connectivity index is 2.66. The molecule has 1 aromatic rings. The maximum absolute atomic E-state index is 2.27. The molecule has 0 aromatic heterocycles. The van der Waals surface area contributed by atoms with Crippen LogP contribution in [0.4, 0.5) is 0 Å². The summed E-state index contributed by atoms with van der Waals surface area (Å²) in [5.41, 5.74) is 1.43. The average Bonchev–Trinajstić information content (AvgIpc) is 2.15. The van der Waals surface area contributed by atoms with E-state index >= 15 is 0 Å². The molecule has 1 radical (unpaired) electrons. The Bertz CT molecular complexity index is 210. The third-order valence-electron chi connectivity index (χ3n) is 1.98. The van der Waals surface area contributed by atoms with Gasteiger partial charge in [-0.15, -0.1) is 0 Å². The van der Waals surface area contributed by atoms with Crippen molar-refractivity contribution in [2.24, 2.45) is 0 Å². The molecule has 1 unspecified atom stereocenters. The molecule has 0 heterocycles. The SMILES string of the molecule is C[B]C(CSC)c1ccccc1. The predicted molar refractivity (Wildman–Crippen MR) is 59.2 cm³/mol. The van der Waals surface area contributed by atoms with E-state index in [0.29, 0.717) is 5.82 Å². The first-order valence-electron chi connectivity index (χ1n) is 4.22. The summed E-state index contributed by atoms with van der Waals surface area (Å²) in [5, 5.41) is 0. The molecule has 0 aliphatic heterocycles. The van der Waals surface area contributed by atoms with Crippen LogP contribution in [0.3, 0.4) is 0 Å². The van der Waals surface area contributed by atoms with Crippen LogP contribution in [0.1, 0.15) is 11.4 Å². The Morgan fingerprint density at radius 3 is 2.50 bits per heavy atom. The van der Waals surface area contributed by atoms with Crippen molar-refractivity contribution >= 4 is 19.0 Å². The molecule has 1 rings (SSSR count). The Hall–Kier alpha value is -0.365. The molecule has 0 N–H and O–H groups in total. The Morgan fingerprint density at radius 1 is 1.33 bits per heavy atom. The topological polar surface area (TPSA) is 0 Å². The van der Waals surface area contributed by atoms with Crippen molar-refractivity contribution in [1.82, 2.24) is 0 Å².